The first-order valence-corrected chi connectivity index (χ1v) is 8.62. The summed E-state index contributed by atoms with van der Waals surface area (Å²) in [5.41, 5.74) is 3.80. The number of amides is 1. The molecule has 1 unspecified atom stereocenters. The van der Waals surface area contributed by atoms with E-state index < -0.39 is 0 Å². The Balaban J connectivity index is 1.65. The number of hydrogen-bond acceptors (Lipinski definition) is 6. The van der Waals surface area contributed by atoms with Gasteiger partial charge < -0.3 is 4.90 Å². The largest absolute Gasteiger partial charge is 0.334 e. The fourth-order valence-electron chi connectivity index (χ4n) is 3.45. The van der Waals surface area contributed by atoms with Gasteiger partial charge >= 0.3 is 0 Å². The molecule has 3 aromatic heterocycles. The molecule has 1 saturated heterocycles. The van der Waals surface area contributed by atoms with E-state index in [0.29, 0.717) is 34.8 Å². The zero-order valence-electron chi connectivity index (χ0n) is 14.9. The molecule has 26 heavy (non-hydrogen) atoms. The predicted molar refractivity (Wildman–Crippen MR) is 91.7 cm³/mol. The van der Waals surface area contributed by atoms with Crippen LogP contribution in [-0.2, 0) is 11.2 Å². The molecule has 1 N–H and O–H groups in total. The zero-order chi connectivity index (χ0) is 18.4. The van der Waals surface area contributed by atoms with Crippen LogP contribution in [0.1, 0.15) is 47.2 Å². The number of H-pyrrole nitrogens is 1. The summed E-state index contributed by atoms with van der Waals surface area (Å²) < 4.78 is 6.12. The molecule has 9 heteroatoms. The Labute approximate surface area is 149 Å². The quantitative estimate of drug-likeness (QED) is 0.756. The third kappa shape index (κ3) is 2.59. The van der Waals surface area contributed by atoms with Gasteiger partial charge in [0.2, 0.25) is 5.91 Å². The number of nitrogens with zero attached hydrogens (tertiary/aromatic N) is 5. The lowest BCUT2D eigenvalue weighted by Gasteiger charge is -2.23. The van der Waals surface area contributed by atoms with Crippen molar-refractivity contribution in [2.45, 2.75) is 46.1 Å². The SMILES string of the molecule is Cc1nonc1CC(=O)N1CCCC1c1cc2nc(C)c(C)c(=O)n2[nH]1. The van der Waals surface area contributed by atoms with Crippen LogP contribution < -0.4 is 5.56 Å². The molecule has 4 heterocycles. The van der Waals surface area contributed by atoms with E-state index in [-0.39, 0.29) is 23.9 Å². The molecule has 1 fully saturated rings. The van der Waals surface area contributed by atoms with Crippen molar-refractivity contribution < 1.29 is 9.42 Å². The highest BCUT2D eigenvalue weighted by molar-refractivity contribution is 5.79. The summed E-state index contributed by atoms with van der Waals surface area (Å²) in [6.45, 7) is 6.02. The van der Waals surface area contributed by atoms with Crippen LogP contribution in [0, 0.1) is 20.8 Å². The topological polar surface area (TPSA) is 109 Å². The minimum atomic E-state index is -0.112. The van der Waals surface area contributed by atoms with Gasteiger partial charge in [0, 0.05) is 23.9 Å². The van der Waals surface area contributed by atoms with Crippen LogP contribution in [0.3, 0.4) is 0 Å². The number of carbonyl (C=O) groups excluding carboxylic acids is 1. The summed E-state index contributed by atoms with van der Waals surface area (Å²) in [4.78, 5) is 31.5. The van der Waals surface area contributed by atoms with Crippen LogP contribution in [-0.4, -0.2) is 42.3 Å². The molecule has 0 spiro atoms. The summed E-state index contributed by atoms with van der Waals surface area (Å²) in [6.07, 6.45) is 1.89. The number of aromatic amines is 1. The minimum absolute atomic E-state index is 0.0300. The van der Waals surface area contributed by atoms with Gasteiger partial charge in [-0.25, -0.2) is 14.1 Å². The van der Waals surface area contributed by atoms with Gasteiger partial charge in [0.25, 0.3) is 5.56 Å². The van der Waals surface area contributed by atoms with Crippen molar-refractivity contribution in [3.8, 4) is 0 Å². The van der Waals surface area contributed by atoms with E-state index in [2.05, 4.69) is 25.0 Å². The van der Waals surface area contributed by atoms with Crippen molar-refractivity contribution >= 4 is 11.6 Å². The van der Waals surface area contributed by atoms with Crippen LogP contribution in [0.2, 0.25) is 0 Å². The van der Waals surface area contributed by atoms with Crippen LogP contribution in [0.4, 0.5) is 0 Å². The number of likely N-dealkylation sites (tertiary alicyclic amines) is 1. The number of aryl methyl sites for hydroxylation is 2. The average Bonchev–Trinajstić information content (AvgIpc) is 3.32. The number of aromatic nitrogens is 5. The van der Waals surface area contributed by atoms with Crippen molar-refractivity contribution in [3.63, 3.8) is 0 Å². The first-order chi connectivity index (χ1) is 12.5. The van der Waals surface area contributed by atoms with Gasteiger partial charge in [-0.1, -0.05) is 10.3 Å². The monoisotopic (exact) mass is 356 g/mol. The molecule has 1 aliphatic heterocycles. The van der Waals surface area contributed by atoms with Gasteiger partial charge in [0.15, 0.2) is 5.65 Å². The summed E-state index contributed by atoms with van der Waals surface area (Å²) in [5.74, 6) is -0.0300. The Morgan fingerprint density at radius 3 is 2.85 bits per heavy atom. The second-order valence-electron chi connectivity index (χ2n) is 6.75. The molecule has 9 nitrogen and oxygen atoms in total. The lowest BCUT2D eigenvalue weighted by atomic mass is 10.1. The van der Waals surface area contributed by atoms with E-state index in [4.69, 9.17) is 0 Å². The number of nitrogens with one attached hydrogen (secondary N) is 1. The van der Waals surface area contributed by atoms with E-state index in [1.165, 1.54) is 4.52 Å². The molecule has 1 amide bonds. The number of hydrogen-bond donors (Lipinski definition) is 1. The van der Waals surface area contributed by atoms with E-state index in [1.54, 1.807) is 13.8 Å². The van der Waals surface area contributed by atoms with E-state index in [9.17, 15) is 9.59 Å². The molecule has 0 bridgehead atoms. The smallest absolute Gasteiger partial charge is 0.275 e. The summed E-state index contributed by atoms with van der Waals surface area (Å²) >= 11 is 0. The van der Waals surface area contributed by atoms with Crippen molar-refractivity contribution in [1.29, 1.82) is 0 Å². The normalized spacial score (nSPS) is 17.3. The maximum absolute atomic E-state index is 12.8. The Morgan fingerprint density at radius 2 is 2.12 bits per heavy atom. The number of fused-ring (bicyclic) bond motifs is 1. The Morgan fingerprint density at radius 1 is 1.31 bits per heavy atom. The zero-order valence-corrected chi connectivity index (χ0v) is 14.9. The fraction of sp³-hybridized carbons (Fsp3) is 0.471. The lowest BCUT2D eigenvalue weighted by molar-refractivity contribution is -0.131. The van der Waals surface area contributed by atoms with E-state index in [0.717, 1.165) is 18.5 Å². The summed E-state index contributed by atoms with van der Waals surface area (Å²) in [6, 6.07) is 1.75. The third-order valence-corrected chi connectivity index (χ3v) is 5.10. The highest BCUT2D eigenvalue weighted by atomic mass is 16.6. The van der Waals surface area contributed by atoms with Gasteiger partial charge in [0.05, 0.1) is 18.2 Å². The van der Waals surface area contributed by atoms with Crippen molar-refractivity contribution in [3.05, 3.63) is 44.8 Å². The first kappa shape index (κ1) is 16.5. The third-order valence-electron chi connectivity index (χ3n) is 5.10. The Kier molecular flexibility index (Phi) is 3.86. The maximum atomic E-state index is 12.8. The molecule has 0 aliphatic carbocycles. The molecule has 1 atom stereocenters. The van der Waals surface area contributed by atoms with Crippen molar-refractivity contribution in [2.75, 3.05) is 6.54 Å². The van der Waals surface area contributed by atoms with Crippen LogP contribution in [0.15, 0.2) is 15.5 Å². The second kappa shape index (κ2) is 6.08. The first-order valence-electron chi connectivity index (χ1n) is 8.62. The van der Waals surface area contributed by atoms with Gasteiger partial charge in [-0.3, -0.25) is 14.7 Å². The van der Waals surface area contributed by atoms with E-state index in [1.807, 2.05) is 17.9 Å². The molecular weight excluding hydrogens is 336 g/mol. The van der Waals surface area contributed by atoms with Crippen molar-refractivity contribution in [2.24, 2.45) is 0 Å². The second-order valence-corrected chi connectivity index (χ2v) is 6.75. The molecule has 3 aromatic rings. The number of carbonyl (C=O) groups is 1. The van der Waals surface area contributed by atoms with Crippen LogP contribution >= 0.6 is 0 Å². The molecule has 4 rings (SSSR count). The molecular formula is C17H20N6O3. The molecule has 0 radical (unpaired) electrons. The number of rotatable bonds is 3. The van der Waals surface area contributed by atoms with Crippen molar-refractivity contribution in [1.82, 2.24) is 29.8 Å². The standard InChI is InChI=1S/C17H20N6O3/c1-9-10(2)18-15-7-13(19-23(15)17(9)25)14-5-4-6-22(14)16(24)8-12-11(3)20-26-21-12/h7,14,19H,4-6,8H2,1-3H3. The van der Waals surface area contributed by atoms with E-state index >= 15 is 0 Å². The highest BCUT2D eigenvalue weighted by Crippen LogP contribution is 2.32. The molecule has 136 valence electrons. The van der Waals surface area contributed by atoms with Gasteiger partial charge in [-0.15, -0.1) is 0 Å². The van der Waals surface area contributed by atoms with Gasteiger partial charge in [-0.2, -0.15) is 0 Å². The molecule has 0 saturated carbocycles. The minimum Gasteiger partial charge on any atom is -0.334 e. The van der Waals surface area contributed by atoms with Crippen LogP contribution in [0.5, 0.6) is 0 Å². The van der Waals surface area contributed by atoms with Crippen LogP contribution in [0.25, 0.3) is 5.65 Å². The highest BCUT2D eigenvalue weighted by Gasteiger charge is 2.32. The lowest BCUT2D eigenvalue weighted by Crippen LogP contribution is -2.32. The Bertz CT molecular complexity index is 1050. The van der Waals surface area contributed by atoms with Gasteiger partial charge in [0.1, 0.15) is 11.4 Å². The summed E-state index contributed by atoms with van der Waals surface area (Å²) in [7, 11) is 0. The summed E-state index contributed by atoms with van der Waals surface area (Å²) in [5, 5.41) is 10.6. The predicted octanol–water partition coefficient (Wildman–Crippen LogP) is 1.24. The fourth-order valence-corrected chi connectivity index (χ4v) is 3.45. The maximum Gasteiger partial charge on any atom is 0.275 e. The average molecular weight is 356 g/mol. The molecule has 1 aliphatic rings. The van der Waals surface area contributed by atoms with Gasteiger partial charge in [-0.05, 0) is 33.6 Å². The molecule has 0 aromatic carbocycles. The Hall–Kier alpha value is -2.97.